The van der Waals surface area contributed by atoms with E-state index < -0.39 is 0 Å². The minimum atomic E-state index is -0.369. The summed E-state index contributed by atoms with van der Waals surface area (Å²) >= 11 is 0. The number of nitrogens with one attached hydrogen (secondary N) is 1. The fraction of sp³-hybridized carbons (Fsp3) is 0.965. The van der Waals surface area contributed by atoms with Crippen molar-refractivity contribution in [2.45, 2.75) is 243 Å². The fourth-order valence-corrected chi connectivity index (χ4v) is 61.0. The molecule has 36 fully saturated rings. The lowest BCUT2D eigenvalue weighted by molar-refractivity contribution is -0.438. The maximum atomic E-state index is 15.8. The molecule has 0 heterocycles. The molecule has 71 unspecified atom stereocenters. The van der Waals surface area contributed by atoms with Crippen LogP contribution >= 0.6 is 0 Å². The summed E-state index contributed by atoms with van der Waals surface area (Å²) in [7, 11) is 0. The number of aliphatic imine (C=N–C) groups is 2. The summed E-state index contributed by atoms with van der Waals surface area (Å²) in [6.07, 6.45) is 56.4. The molecule has 0 radical (unpaired) electrons. The van der Waals surface area contributed by atoms with Crippen molar-refractivity contribution < 1.29 is 23.9 Å². The highest BCUT2D eigenvalue weighted by Crippen LogP contribution is 2.96. The lowest BCUT2D eigenvalue weighted by atomic mass is 9.14. The summed E-state index contributed by atoms with van der Waals surface area (Å²) < 4.78 is 8.05. The fourth-order valence-electron chi connectivity index (χ4n) is 61.0. The molecule has 656 valence electrons. The Morgan fingerprint density at radius 1 is 0.260 bits per heavy atom. The number of ketones is 1. The molecule has 0 aliphatic heterocycles. The number of amides is 1. The van der Waals surface area contributed by atoms with Gasteiger partial charge in [-0.25, -0.2) is 24.4 Å². The number of carbonyl (C=O) groups is 2. The average molecular weight is 1660 g/mol. The van der Waals surface area contributed by atoms with E-state index in [1.807, 2.05) is 0 Å². The van der Waals surface area contributed by atoms with E-state index in [4.69, 9.17) is 4.74 Å². The maximum absolute atomic E-state index is 15.8. The Labute approximate surface area is 735 Å². The molecule has 36 aliphatic rings. The highest BCUT2D eigenvalue weighted by atomic mass is 16.6. The van der Waals surface area contributed by atoms with Crippen LogP contribution in [0.2, 0.25) is 0 Å². The van der Waals surface area contributed by atoms with Gasteiger partial charge in [0.05, 0.1) is 13.1 Å². The molecule has 36 rings (SSSR count). The van der Waals surface area contributed by atoms with Crippen LogP contribution in [-0.4, -0.2) is 49.3 Å². The molecule has 0 spiro atoms. The van der Waals surface area contributed by atoms with Crippen LogP contribution in [0.3, 0.4) is 0 Å². The number of hydrogen-bond donors (Lipinski definition) is 1. The van der Waals surface area contributed by atoms with Crippen LogP contribution in [-0.2, 0) is 19.1 Å². The highest BCUT2D eigenvalue weighted by molar-refractivity contribution is 5.81. The van der Waals surface area contributed by atoms with Gasteiger partial charge in [-0.15, -0.1) is 0 Å². The number of alkyl carbamates (subject to hydrolysis) is 1. The van der Waals surface area contributed by atoms with Crippen LogP contribution < -0.4 is 5.32 Å². The Bertz CT molecular complexity index is 4690. The average Bonchev–Trinajstić information content (AvgIpc) is 0.616. The summed E-state index contributed by atoms with van der Waals surface area (Å²) in [5.41, 5.74) is -0.369. The van der Waals surface area contributed by atoms with E-state index >= 15 is 9.59 Å². The molecule has 1 amide bonds. The van der Waals surface area contributed by atoms with Gasteiger partial charge in [0.1, 0.15) is 11.4 Å². The first kappa shape index (κ1) is 71.3. The first-order chi connectivity index (χ1) is 60.8. The van der Waals surface area contributed by atoms with Gasteiger partial charge < -0.3 is 10.1 Å². The first-order valence-electron chi connectivity index (χ1n) is 57.3. The molecule has 71 atom stereocenters. The Balaban J connectivity index is 0.534. The van der Waals surface area contributed by atoms with Crippen molar-refractivity contribution in [1.29, 1.82) is 0 Å². The second-order valence-electron chi connectivity index (χ2n) is 57.8. The molecule has 0 bridgehead atoms. The molecule has 0 saturated heterocycles. The van der Waals surface area contributed by atoms with E-state index in [-0.39, 0.29) is 17.6 Å². The second-order valence-corrected chi connectivity index (χ2v) is 57.8. The molecule has 8 heteroatoms. The third-order valence-electron chi connectivity index (χ3n) is 58.2. The highest BCUT2D eigenvalue weighted by Gasteiger charge is 2.92. The second kappa shape index (κ2) is 23.9. The summed E-state index contributed by atoms with van der Waals surface area (Å²) in [6.45, 7) is 1.85. The largest absolute Gasteiger partial charge is 0.443 e. The summed E-state index contributed by atoms with van der Waals surface area (Å²) in [4.78, 5) is 60.8. The standard InChI is InChI=1S/C115H151N3O5/c119-41-116-18-7-3-1-2-6-13-65(121)48-26-49-28-55-32-63-38-62-37-60-34-57-30-53-24-46-15-14-45-23-51-21-43-11-10-12-44-22-52-29-56-33-59-36-61-35-58-31-54-25-47-16-17-115(123-114(122)118-20-9-5-4-8-19-117-42-120)40-64-39-50(27-48)67(49)86-72(55)98-81(63)96-79(62)94-77(60)92-75(57)90-73(53)88-69(46)68(45)87-70(51)85(66(43)44)71(52)89-74(56)91-76(59)93-78(61)95-80(58)97-82(54)99-84(47)113(115)112(83(64)86)111(98)110(99)109(96)108(97)107(94)106(95)105(92)104(93)103(90)102(91)101(88)100(87)89/h43-64,66-113H,1-40H2,(H,118,122). The SMILES string of the molecule is O=C=NCCCCCCCC(=O)C1CC2CC3CC4CC5CC6CC7CC8CC9CCC%10CC%11CC%12CCCC%13CC%14CC%15CC%16CC%17CC%18CC%19CC%20CCC%21(OC(=O)NCCCCCCN=C=O)CC%22CC(C1)C2C1C3C2C4C3C5C4C6C5C7C6C8C7C9C%10C8C%11C(C%12%13)C%14C9C%15C%10C%16C%11C%17C%12C%18C%13C%19C%14C(C3C%13C4C%12C5C%11C6C%10C7C89)C2C(C%221)C%21C%20%14. The summed E-state index contributed by atoms with van der Waals surface area (Å²) in [6, 6.07) is 0. The zero-order chi connectivity index (χ0) is 78.6. The molecule has 36 aliphatic carbocycles. The van der Waals surface area contributed by atoms with E-state index in [9.17, 15) is 9.59 Å². The molecular formula is C115H151N3O5. The number of rotatable bonds is 17. The molecule has 8 nitrogen and oxygen atoms in total. The lowest BCUT2D eigenvalue weighted by Crippen LogP contribution is -2.87. The van der Waals surface area contributed by atoms with Crippen molar-refractivity contribution in [3.05, 3.63) is 0 Å². The van der Waals surface area contributed by atoms with Gasteiger partial charge in [-0.2, -0.15) is 0 Å². The van der Waals surface area contributed by atoms with Gasteiger partial charge in [-0.05, 0) is 582 Å². The quantitative estimate of drug-likeness (QED) is 0.0885. The topological polar surface area (TPSA) is 114 Å². The van der Waals surface area contributed by atoms with Crippen molar-refractivity contribution in [3.8, 4) is 0 Å². The number of Topliss-reactive ketones (excluding diaryl/α,β-unsaturated/α-hetero) is 1. The van der Waals surface area contributed by atoms with E-state index in [1.54, 1.807) is 141 Å². The Morgan fingerprint density at radius 3 is 0.894 bits per heavy atom. The van der Waals surface area contributed by atoms with Crippen molar-refractivity contribution in [1.82, 2.24) is 5.32 Å². The van der Waals surface area contributed by atoms with Crippen molar-refractivity contribution in [2.24, 2.45) is 424 Å². The minimum absolute atomic E-state index is 0.0432. The van der Waals surface area contributed by atoms with Crippen LogP contribution in [0.1, 0.15) is 238 Å². The van der Waals surface area contributed by atoms with Crippen LogP contribution in [0.25, 0.3) is 0 Å². The van der Waals surface area contributed by atoms with Crippen LogP contribution in [0.15, 0.2) is 9.98 Å². The molecular weight excluding hydrogens is 1500 g/mol. The molecule has 0 aromatic carbocycles. The number of carbonyl (C=O) groups excluding carboxylic acids is 4. The number of ether oxygens (including phenoxy) is 1. The maximum Gasteiger partial charge on any atom is 0.407 e. The normalized spacial score (nSPS) is 70.2. The van der Waals surface area contributed by atoms with Gasteiger partial charge in [0, 0.05) is 24.8 Å². The molecule has 0 aromatic rings. The first-order valence-corrected chi connectivity index (χ1v) is 57.3. The van der Waals surface area contributed by atoms with Crippen LogP contribution in [0, 0.1) is 414 Å². The Kier molecular flexibility index (Phi) is 13.9. The van der Waals surface area contributed by atoms with E-state index in [0.29, 0.717) is 43.2 Å². The monoisotopic (exact) mass is 1650 g/mol. The minimum Gasteiger partial charge on any atom is -0.443 e. The van der Waals surface area contributed by atoms with Gasteiger partial charge in [0.15, 0.2) is 0 Å². The zero-order valence-electron chi connectivity index (χ0n) is 74.6. The van der Waals surface area contributed by atoms with E-state index in [2.05, 4.69) is 15.3 Å². The predicted molar refractivity (Wildman–Crippen MR) is 463 cm³/mol. The third-order valence-corrected chi connectivity index (χ3v) is 58.2. The Hall–Kier alpha value is -2.30. The Morgan fingerprint density at radius 2 is 0.520 bits per heavy atom. The van der Waals surface area contributed by atoms with E-state index in [0.717, 1.165) is 414 Å². The zero-order valence-corrected chi connectivity index (χ0v) is 74.6. The smallest absolute Gasteiger partial charge is 0.407 e. The summed E-state index contributed by atoms with van der Waals surface area (Å²) in [5, 5.41) is 3.61. The molecule has 123 heavy (non-hydrogen) atoms. The van der Waals surface area contributed by atoms with Gasteiger partial charge in [0.25, 0.3) is 0 Å². The summed E-state index contributed by atoms with van der Waals surface area (Å²) in [5.74, 6) is 72.5. The number of nitrogens with zero attached hydrogens (tertiary/aromatic N) is 2. The van der Waals surface area contributed by atoms with Crippen LogP contribution in [0.5, 0.6) is 0 Å². The van der Waals surface area contributed by atoms with Gasteiger partial charge in [-0.1, -0.05) is 51.4 Å². The lowest BCUT2D eigenvalue weighted by Gasteiger charge is -2.91. The number of unbranched alkanes of at least 4 members (excludes halogenated alkanes) is 7. The molecule has 1 N–H and O–H groups in total. The third kappa shape index (κ3) is 7.88. The number of isocyanates is 2. The van der Waals surface area contributed by atoms with Gasteiger partial charge >= 0.3 is 6.09 Å². The molecule has 0 aromatic heterocycles. The van der Waals surface area contributed by atoms with Crippen molar-refractivity contribution in [2.75, 3.05) is 19.6 Å². The molecule has 36 saturated carbocycles. The van der Waals surface area contributed by atoms with Crippen molar-refractivity contribution in [3.63, 3.8) is 0 Å². The van der Waals surface area contributed by atoms with Gasteiger partial charge in [-0.3, -0.25) is 4.79 Å². The van der Waals surface area contributed by atoms with Crippen LogP contribution in [0.4, 0.5) is 4.79 Å². The van der Waals surface area contributed by atoms with Gasteiger partial charge in [0.2, 0.25) is 12.2 Å². The number of hydrogen-bond acceptors (Lipinski definition) is 7. The van der Waals surface area contributed by atoms with Crippen molar-refractivity contribution >= 4 is 24.0 Å². The predicted octanol–water partition coefficient (Wildman–Crippen LogP) is 21.7. The van der Waals surface area contributed by atoms with E-state index in [1.165, 1.54) is 85.4 Å².